The average molecular weight is 292 g/mol. The highest BCUT2D eigenvalue weighted by Gasteiger charge is 2.26. The Labute approximate surface area is 126 Å². The fourth-order valence-electron chi connectivity index (χ4n) is 2.02. The van der Waals surface area contributed by atoms with E-state index in [1.807, 2.05) is 44.2 Å². The van der Waals surface area contributed by atoms with E-state index in [2.05, 4.69) is 5.32 Å². The van der Waals surface area contributed by atoms with E-state index in [1.165, 1.54) is 4.90 Å². The van der Waals surface area contributed by atoms with Gasteiger partial charge in [-0.2, -0.15) is 0 Å². The van der Waals surface area contributed by atoms with Crippen LogP contribution in [0.3, 0.4) is 0 Å². The molecule has 0 heterocycles. The second-order valence-corrected chi connectivity index (χ2v) is 5.43. The van der Waals surface area contributed by atoms with Crippen molar-refractivity contribution in [2.24, 2.45) is 5.92 Å². The highest BCUT2D eigenvalue weighted by Crippen LogP contribution is 2.07. The van der Waals surface area contributed by atoms with Crippen LogP contribution in [0, 0.1) is 5.92 Å². The SMILES string of the molecule is CC(C)C(NC(=O)Cc1ccccc1)C(=O)N(C)CCO. The Morgan fingerprint density at radius 3 is 2.38 bits per heavy atom. The molecule has 0 bridgehead atoms. The highest BCUT2D eigenvalue weighted by atomic mass is 16.3. The summed E-state index contributed by atoms with van der Waals surface area (Å²) in [6.45, 7) is 3.94. The van der Waals surface area contributed by atoms with E-state index in [0.29, 0.717) is 0 Å². The molecule has 116 valence electrons. The van der Waals surface area contributed by atoms with Crippen molar-refractivity contribution in [1.29, 1.82) is 0 Å². The number of likely N-dealkylation sites (N-methyl/N-ethyl adjacent to an activating group) is 1. The second-order valence-electron chi connectivity index (χ2n) is 5.43. The molecule has 0 aliphatic carbocycles. The number of aliphatic hydroxyl groups is 1. The van der Waals surface area contributed by atoms with Gasteiger partial charge >= 0.3 is 0 Å². The van der Waals surface area contributed by atoms with Crippen molar-refractivity contribution in [2.45, 2.75) is 26.3 Å². The molecule has 5 heteroatoms. The number of nitrogens with one attached hydrogen (secondary N) is 1. The predicted molar refractivity (Wildman–Crippen MR) is 81.6 cm³/mol. The lowest BCUT2D eigenvalue weighted by molar-refractivity contribution is -0.136. The van der Waals surface area contributed by atoms with Crippen LogP contribution >= 0.6 is 0 Å². The summed E-state index contributed by atoms with van der Waals surface area (Å²) in [5.41, 5.74) is 0.911. The Morgan fingerprint density at radius 1 is 1.24 bits per heavy atom. The van der Waals surface area contributed by atoms with Gasteiger partial charge in [0.05, 0.1) is 13.0 Å². The number of nitrogens with zero attached hydrogens (tertiary/aromatic N) is 1. The molecule has 1 atom stereocenters. The zero-order valence-corrected chi connectivity index (χ0v) is 12.9. The third kappa shape index (κ3) is 5.55. The fourth-order valence-corrected chi connectivity index (χ4v) is 2.02. The molecule has 1 unspecified atom stereocenters. The largest absolute Gasteiger partial charge is 0.395 e. The zero-order valence-electron chi connectivity index (χ0n) is 12.9. The number of hydrogen-bond acceptors (Lipinski definition) is 3. The van der Waals surface area contributed by atoms with Crippen molar-refractivity contribution < 1.29 is 14.7 Å². The zero-order chi connectivity index (χ0) is 15.8. The summed E-state index contributed by atoms with van der Waals surface area (Å²) in [5, 5.41) is 11.7. The van der Waals surface area contributed by atoms with E-state index in [-0.39, 0.29) is 37.3 Å². The van der Waals surface area contributed by atoms with Crippen molar-refractivity contribution in [3.05, 3.63) is 35.9 Å². The maximum absolute atomic E-state index is 12.3. The molecule has 0 radical (unpaired) electrons. The van der Waals surface area contributed by atoms with Crippen molar-refractivity contribution in [2.75, 3.05) is 20.2 Å². The van der Waals surface area contributed by atoms with Crippen LogP contribution in [0.25, 0.3) is 0 Å². The minimum Gasteiger partial charge on any atom is -0.395 e. The number of aliphatic hydroxyl groups excluding tert-OH is 1. The van der Waals surface area contributed by atoms with Crippen molar-refractivity contribution in [3.63, 3.8) is 0 Å². The minimum atomic E-state index is -0.572. The fraction of sp³-hybridized carbons (Fsp3) is 0.500. The lowest BCUT2D eigenvalue weighted by atomic mass is 10.0. The van der Waals surface area contributed by atoms with E-state index in [4.69, 9.17) is 5.11 Å². The molecular weight excluding hydrogens is 268 g/mol. The molecule has 1 rings (SSSR count). The van der Waals surface area contributed by atoms with Crippen LogP contribution < -0.4 is 5.32 Å². The summed E-state index contributed by atoms with van der Waals surface area (Å²) in [4.78, 5) is 25.8. The van der Waals surface area contributed by atoms with Crippen LogP contribution in [-0.2, 0) is 16.0 Å². The summed E-state index contributed by atoms with van der Waals surface area (Å²) >= 11 is 0. The molecule has 1 aromatic rings. The first-order chi connectivity index (χ1) is 9.95. The molecule has 21 heavy (non-hydrogen) atoms. The van der Waals surface area contributed by atoms with Gasteiger partial charge in [-0.25, -0.2) is 0 Å². The lowest BCUT2D eigenvalue weighted by Gasteiger charge is -2.26. The van der Waals surface area contributed by atoms with Gasteiger partial charge in [-0.1, -0.05) is 44.2 Å². The number of benzene rings is 1. The first kappa shape index (κ1) is 17.2. The summed E-state index contributed by atoms with van der Waals surface area (Å²) in [5.74, 6) is -0.371. The number of carbonyl (C=O) groups is 2. The monoisotopic (exact) mass is 292 g/mol. The van der Waals surface area contributed by atoms with Gasteiger partial charge in [-0.15, -0.1) is 0 Å². The smallest absolute Gasteiger partial charge is 0.245 e. The average Bonchev–Trinajstić information content (AvgIpc) is 2.45. The Balaban J connectivity index is 2.66. The maximum atomic E-state index is 12.3. The first-order valence-electron chi connectivity index (χ1n) is 7.14. The first-order valence-corrected chi connectivity index (χ1v) is 7.14. The van der Waals surface area contributed by atoms with E-state index < -0.39 is 6.04 Å². The van der Waals surface area contributed by atoms with Gasteiger partial charge in [0, 0.05) is 13.6 Å². The standard InChI is InChI=1S/C16H24N2O3/c1-12(2)15(16(21)18(3)9-10-19)17-14(20)11-13-7-5-4-6-8-13/h4-8,12,15,19H,9-11H2,1-3H3,(H,17,20). The molecule has 0 aliphatic rings. The van der Waals surface area contributed by atoms with Crippen molar-refractivity contribution >= 4 is 11.8 Å². The van der Waals surface area contributed by atoms with E-state index in [1.54, 1.807) is 7.05 Å². The summed E-state index contributed by atoms with van der Waals surface area (Å²) in [7, 11) is 1.62. The highest BCUT2D eigenvalue weighted by molar-refractivity contribution is 5.88. The minimum absolute atomic E-state index is 0.0154. The van der Waals surface area contributed by atoms with E-state index in [9.17, 15) is 9.59 Å². The van der Waals surface area contributed by atoms with Gasteiger partial charge in [0.2, 0.25) is 11.8 Å². The van der Waals surface area contributed by atoms with Gasteiger partial charge < -0.3 is 15.3 Å². The van der Waals surface area contributed by atoms with Crippen LogP contribution in [-0.4, -0.2) is 48.1 Å². The van der Waals surface area contributed by atoms with Crippen LogP contribution in [0.15, 0.2) is 30.3 Å². The Hall–Kier alpha value is -1.88. The number of hydrogen-bond donors (Lipinski definition) is 2. The summed E-state index contributed by atoms with van der Waals surface area (Å²) < 4.78 is 0. The van der Waals surface area contributed by atoms with E-state index in [0.717, 1.165) is 5.56 Å². The third-order valence-electron chi connectivity index (χ3n) is 3.27. The van der Waals surface area contributed by atoms with Crippen LogP contribution in [0.4, 0.5) is 0 Å². The molecule has 2 N–H and O–H groups in total. The molecule has 1 aromatic carbocycles. The molecule has 2 amide bonds. The van der Waals surface area contributed by atoms with Gasteiger partial charge in [0.15, 0.2) is 0 Å². The van der Waals surface area contributed by atoms with Crippen molar-refractivity contribution in [1.82, 2.24) is 10.2 Å². The second kappa shape index (κ2) is 8.42. The molecule has 0 spiro atoms. The number of amides is 2. The Bertz CT molecular complexity index is 460. The van der Waals surface area contributed by atoms with Gasteiger partial charge in [0.25, 0.3) is 0 Å². The normalized spacial score (nSPS) is 12.0. The maximum Gasteiger partial charge on any atom is 0.245 e. The van der Waals surface area contributed by atoms with Crippen molar-refractivity contribution in [3.8, 4) is 0 Å². The Morgan fingerprint density at radius 2 is 1.86 bits per heavy atom. The molecule has 0 saturated carbocycles. The Kier molecular flexibility index (Phi) is 6.88. The van der Waals surface area contributed by atoms with Crippen LogP contribution in [0.1, 0.15) is 19.4 Å². The molecule has 0 fully saturated rings. The number of rotatable bonds is 7. The van der Waals surface area contributed by atoms with Gasteiger partial charge in [0.1, 0.15) is 6.04 Å². The lowest BCUT2D eigenvalue weighted by Crippen LogP contribution is -2.51. The van der Waals surface area contributed by atoms with Gasteiger partial charge in [-0.3, -0.25) is 9.59 Å². The number of carbonyl (C=O) groups excluding carboxylic acids is 2. The summed E-state index contributed by atoms with van der Waals surface area (Å²) in [6, 6.07) is 8.84. The molecule has 5 nitrogen and oxygen atoms in total. The predicted octanol–water partition coefficient (Wildman–Crippen LogP) is 0.821. The summed E-state index contributed by atoms with van der Waals surface area (Å²) in [6.07, 6.45) is 0.251. The molecular formula is C16H24N2O3. The topological polar surface area (TPSA) is 69.6 Å². The third-order valence-corrected chi connectivity index (χ3v) is 3.27. The molecule has 0 aliphatic heterocycles. The van der Waals surface area contributed by atoms with Crippen LogP contribution in [0.2, 0.25) is 0 Å². The van der Waals surface area contributed by atoms with Crippen LogP contribution in [0.5, 0.6) is 0 Å². The molecule has 0 saturated heterocycles. The quantitative estimate of drug-likeness (QED) is 0.782. The van der Waals surface area contributed by atoms with Gasteiger partial charge in [-0.05, 0) is 11.5 Å². The molecule has 0 aromatic heterocycles. The van der Waals surface area contributed by atoms with E-state index >= 15 is 0 Å².